The molecule has 2 fully saturated rings. The molecule has 1 aliphatic carbocycles. The van der Waals surface area contributed by atoms with E-state index in [-0.39, 0.29) is 24.2 Å². The van der Waals surface area contributed by atoms with E-state index in [4.69, 9.17) is 4.74 Å². The van der Waals surface area contributed by atoms with Crippen LogP contribution in [0, 0.1) is 0 Å². The lowest BCUT2D eigenvalue weighted by Crippen LogP contribution is -2.63. The Morgan fingerprint density at radius 3 is 2.26 bits per heavy atom. The Balaban J connectivity index is 1.17. The van der Waals surface area contributed by atoms with Crippen molar-refractivity contribution in [2.75, 3.05) is 25.0 Å². The van der Waals surface area contributed by atoms with E-state index in [0.29, 0.717) is 31.6 Å². The first-order valence-corrected chi connectivity index (χ1v) is 13.9. The van der Waals surface area contributed by atoms with Crippen LogP contribution >= 0.6 is 0 Å². The molecule has 1 saturated heterocycles. The Kier molecular flexibility index (Phi) is 9.17. The van der Waals surface area contributed by atoms with Crippen LogP contribution in [0.1, 0.15) is 67.9 Å². The lowest BCUT2D eigenvalue weighted by molar-refractivity contribution is -0.137. The second-order valence-electron chi connectivity index (χ2n) is 11.9. The Labute approximate surface area is 242 Å². The molecule has 2 aliphatic rings. The number of halogens is 3. The van der Waals surface area contributed by atoms with Gasteiger partial charge in [-0.05, 0) is 82.3 Å². The standard InChI is InChI=1S/C30H37F3N4O5/c1-28(2,3)42-27(40)36-22-9-7-20(8-10-22)29(41)13-11-24(12-14-29)37-17-23(18-37)35-25(38)16-34-26(39)19-5-4-6-21(15-19)30(31,32)33/h4-10,15,23-24,41H,11-14,16-18H2,1-3H3,(H,34,39)(H,35,38)(H,36,40)/t24-,29-. The molecule has 3 amide bonds. The number of rotatable bonds is 7. The summed E-state index contributed by atoms with van der Waals surface area (Å²) in [5, 5.41) is 19.2. The molecule has 0 bridgehead atoms. The van der Waals surface area contributed by atoms with Crippen LogP contribution in [-0.4, -0.2) is 65.2 Å². The summed E-state index contributed by atoms with van der Waals surface area (Å²) in [5.41, 5.74) is -1.29. The van der Waals surface area contributed by atoms with Gasteiger partial charge in [-0.3, -0.25) is 19.8 Å². The zero-order valence-corrected chi connectivity index (χ0v) is 23.9. The third-order valence-corrected chi connectivity index (χ3v) is 7.50. The molecule has 0 unspecified atom stereocenters. The van der Waals surface area contributed by atoms with Gasteiger partial charge in [-0.1, -0.05) is 18.2 Å². The van der Waals surface area contributed by atoms with Crippen molar-refractivity contribution < 1.29 is 37.4 Å². The van der Waals surface area contributed by atoms with E-state index in [0.717, 1.165) is 36.6 Å². The second-order valence-corrected chi connectivity index (χ2v) is 11.9. The molecule has 1 aliphatic heterocycles. The molecule has 0 aromatic heterocycles. The van der Waals surface area contributed by atoms with E-state index in [2.05, 4.69) is 20.9 Å². The van der Waals surface area contributed by atoms with Crippen LogP contribution in [0.25, 0.3) is 0 Å². The number of carbonyl (C=O) groups excluding carboxylic acids is 3. The first-order valence-electron chi connectivity index (χ1n) is 13.9. The highest BCUT2D eigenvalue weighted by molar-refractivity contribution is 5.96. The Morgan fingerprint density at radius 1 is 1.02 bits per heavy atom. The smallest absolute Gasteiger partial charge is 0.416 e. The number of nitrogens with one attached hydrogen (secondary N) is 3. The zero-order valence-electron chi connectivity index (χ0n) is 23.9. The number of anilines is 1. The van der Waals surface area contributed by atoms with Gasteiger partial charge in [-0.25, -0.2) is 4.79 Å². The topological polar surface area (TPSA) is 120 Å². The number of amides is 3. The third kappa shape index (κ3) is 8.22. The molecule has 42 heavy (non-hydrogen) atoms. The first-order chi connectivity index (χ1) is 19.6. The van der Waals surface area contributed by atoms with Gasteiger partial charge in [0.1, 0.15) is 5.60 Å². The van der Waals surface area contributed by atoms with Gasteiger partial charge in [-0.15, -0.1) is 0 Å². The van der Waals surface area contributed by atoms with Crippen LogP contribution in [0.4, 0.5) is 23.7 Å². The van der Waals surface area contributed by atoms with Gasteiger partial charge in [0.2, 0.25) is 5.91 Å². The predicted molar refractivity (Wildman–Crippen MR) is 150 cm³/mol. The predicted octanol–water partition coefficient (Wildman–Crippen LogP) is 4.41. The van der Waals surface area contributed by atoms with Crippen molar-refractivity contribution in [1.29, 1.82) is 0 Å². The minimum Gasteiger partial charge on any atom is -0.444 e. The van der Waals surface area contributed by atoms with E-state index in [9.17, 15) is 32.7 Å². The number of aliphatic hydroxyl groups is 1. The molecule has 9 nitrogen and oxygen atoms in total. The Bertz CT molecular complexity index is 1280. The van der Waals surface area contributed by atoms with Crippen molar-refractivity contribution in [3.63, 3.8) is 0 Å². The van der Waals surface area contributed by atoms with Crippen molar-refractivity contribution in [3.05, 3.63) is 65.2 Å². The lowest BCUT2D eigenvalue weighted by Gasteiger charge is -2.48. The summed E-state index contributed by atoms with van der Waals surface area (Å²) in [6.45, 7) is 6.30. The highest BCUT2D eigenvalue weighted by Crippen LogP contribution is 2.40. The fourth-order valence-electron chi connectivity index (χ4n) is 5.30. The third-order valence-electron chi connectivity index (χ3n) is 7.50. The molecular weight excluding hydrogens is 553 g/mol. The zero-order chi connectivity index (χ0) is 30.7. The highest BCUT2D eigenvalue weighted by atomic mass is 19.4. The fourth-order valence-corrected chi connectivity index (χ4v) is 5.30. The van der Waals surface area contributed by atoms with Gasteiger partial charge < -0.3 is 20.5 Å². The Hall–Kier alpha value is -3.64. The molecule has 0 spiro atoms. The van der Waals surface area contributed by atoms with Crippen LogP contribution < -0.4 is 16.0 Å². The molecule has 1 heterocycles. The number of benzene rings is 2. The molecule has 4 N–H and O–H groups in total. The number of hydrogen-bond acceptors (Lipinski definition) is 6. The second kappa shape index (κ2) is 12.3. The molecule has 2 aromatic carbocycles. The van der Waals surface area contributed by atoms with Crippen LogP contribution in [0.15, 0.2) is 48.5 Å². The number of hydrogen-bond donors (Lipinski definition) is 4. The van der Waals surface area contributed by atoms with Crippen molar-refractivity contribution in [3.8, 4) is 0 Å². The molecule has 4 rings (SSSR count). The van der Waals surface area contributed by atoms with Crippen molar-refractivity contribution >= 4 is 23.6 Å². The minimum atomic E-state index is -4.56. The summed E-state index contributed by atoms with van der Waals surface area (Å²) >= 11 is 0. The van der Waals surface area contributed by atoms with Crippen LogP contribution in [0.3, 0.4) is 0 Å². The largest absolute Gasteiger partial charge is 0.444 e. The van der Waals surface area contributed by atoms with Crippen molar-refractivity contribution in [2.45, 2.75) is 75.9 Å². The summed E-state index contributed by atoms with van der Waals surface area (Å²) in [4.78, 5) is 38.7. The molecule has 2 aromatic rings. The average molecular weight is 591 g/mol. The van der Waals surface area contributed by atoms with Crippen LogP contribution in [-0.2, 0) is 21.3 Å². The minimum absolute atomic E-state index is 0.0891. The normalized spacial score (nSPS) is 21.6. The monoisotopic (exact) mass is 590 g/mol. The summed E-state index contributed by atoms with van der Waals surface area (Å²) < 4.78 is 43.9. The van der Waals surface area contributed by atoms with Crippen LogP contribution in [0.5, 0.6) is 0 Å². The average Bonchev–Trinajstić information content (AvgIpc) is 2.88. The van der Waals surface area contributed by atoms with Gasteiger partial charge in [0.05, 0.1) is 23.8 Å². The summed E-state index contributed by atoms with van der Waals surface area (Å²) in [7, 11) is 0. The lowest BCUT2D eigenvalue weighted by atomic mass is 9.76. The fraction of sp³-hybridized carbons (Fsp3) is 0.500. The first kappa shape index (κ1) is 31.3. The number of alkyl halides is 3. The summed E-state index contributed by atoms with van der Waals surface area (Å²) in [5.74, 6) is -1.17. The SMILES string of the molecule is CC(C)(C)OC(=O)Nc1ccc([C@]2(O)CC[C@H](N3CC(NC(=O)CNC(=O)c4cccc(C(F)(F)F)c4)C3)CC2)cc1. The van der Waals surface area contributed by atoms with E-state index < -0.39 is 40.8 Å². The molecule has 12 heteroatoms. The van der Waals surface area contributed by atoms with Crippen LogP contribution in [0.2, 0.25) is 0 Å². The maximum atomic E-state index is 12.9. The van der Waals surface area contributed by atoms with Gasteiger partial charge in [0, 0.05) is 30.4 Å². The van der Waals surface area contributed by atoms with Crippen molar-refractivity contribution in [1.82, 2.24) is 15.5 Å². The van der Waals surface area contributed by atoms with E-state index >= 15 is 0 Å². The van der Waals surface area contributed by atoms with Gasteiger partial charge in [0.15, 0.2) is 0 Å². The molecule has 0 radical (unpaired) electrons. The van der Waals surface area contributed by atoms with E-state index in [1.54, 1.807) is 32.9 Å². The van der Waals surface area contributed by atoms with E-state index in [1.165, 1.54) is 6.07 Å². The number of ether oxygens (including phenoxy) is 1. The van der Waals surface area contributed by atoms with Crippen molar-refractivity contribution in [2.24, 2.45) is 0 Å². The highest BCUT2D eigenvalue weighted by Gasteiger charge is 2.40. The molecule has 228 valence electrons. The number of carbonyl (C=O) groups is 3. The Morgan fingerprint density at radius 2 is 1.67 bits per heavy atom. The van der Waals surface area contributed by atoms with Gasteiger partial charge >= 0.3 is 12.3 Å². The quantitative estimate of drug-likeness (QED) is 0.379. The summed E-state index contributed by atoms with van der Waals surface area (Å²) in [6.07, 6.45) is -2.39. The molecular formula is C30H37F3N4O5. The van der Waals surface area contributed by atoms with Gasteiger partial charge in [0.25, 0.3) is 5.91 Å². The molecule has 1 saturated carbocycles. The number of nitrogens with zero attached hydrogens (tertiary/aromatic N) is 1. The summed E-state index contributed by atoms with van der Waals surface area (Å²) in [6, 6.07) is 11.3. The number of likely N-dealkylation sites (tertiary alicyclic amines) is 1. The van der Waals surface area contributed by atoms with Gasteiger partial charge in [-0.2, -0.15) is 13.2 Å². The van der Waals surface area contributed by atoms with E-state index in [1.807, 2.05) is 12.1 Å². The molecule has 0 atom stereocenters. The maximum Gasteiger partial charge on any atom is 0.416 e. The maximum absolute atomic E-state index is 12.9.